The van der Waals surface area contributed by atoms with Crippen molar-refractivity contribution in [3.63, 3.8) is 0 Å². The van der Waals surface area contributed by atoms with Crippen LogP contribution in [0.5, 0.6) is 5.75 Å². The molecule has 0 unspecified atom stereocenters. The second-order valence-corrected chi connectivity index (χ2v) is 5.23. The third-order valence-corrected chi connectivity index (χ3v) is 3.39. The molecule has 0 radical (unpaired) electrons. The van der Waals surface area contributed by atoms with Crippen LogP contribution < -0.4 is 4.74 Å². The van der Waals surface area contributed by atoms with Crippen molar-refractivity contribution in [1.82, 2.24) is 4.90 Å². The molecule has 0 atom stereocenters. The zero-order chi connectivity index (χ0) is 13.5. The average Bonchev–Trinajstić information content (AvgIpc) is 3.23. The maximum Gasteiger partial charge on any atom is 0.120 e. The first-order valence-corrected chi connectivity index (χ1v) is 7.17. The van der Waals surface area contributed by atoms with Gasteiger partial charge in [0.25, 0.3) is 0 Å². The molecular weight excluding hydrogens is 236 g/mol. The number of nitrogens with zero attached hydrogens (tertiary/aromatic N) is 2. The highest BCUT2D eigenvalue weighted by molar-refractivity contribution is 5.36. The lowest BCUT2D eigenvalue weighted by atomic mass is 10.2. The highest BCUT2D eigenvalue weighted by atomic mass is 16.5. The summed E-state index contributed by atoms with van der Waals surface area (Å²) >= 11 is 0. The minimum absolute atomic E-state index is 0.654. The van der Waals surface area contributed by atoms with Crippen LogP contribution in [0.2, 0.25) is 0 Å². The largest absolute Gasteiger partial charge is 0.492 e. The standard InChI is InChI=1S/C16H22N2O/c1-2-8-18(13-14-6-7-14)9-10-19-16-5-3-4-15(11-16)12-17/h3-5,11,14H,2,6-10,13H2,1H3. The van der Waals surface area contributed by atoms with E-state index in [4.69, 9.17) is 10.00 Å². The summed E-state index contributed by atoms with van der Waals surface area (Å²) in [5, 5.41) is 8.84. The van der Waals surface area contributed by atoms with Crippen molar-refractivity contribution in [3.05, 3.63) is 29.8 Å². The number of hydrogen-bond donors (Lipinski definition) is 0. The summed E-state index contributed by atoms with van der Waals surface area (Å²) in [6, 6.07) is 9.49. The van der Waals surface area contributed by atoms with Gasteiger partial charge in [-0.2, -0.15) is 5.26 Å². The van der Waals surface area contributed by atoms with Gasteiger partial charge in [0.15, 0.2) is 0 Å². The molecule has 1 fully saturated rings. The molecule has 19 heavy (non-hydrogen) atoms. The molecular formula is C16H22N2O. The summed E-state index contributed by atoms with van der Waals surface area (Å²) < 4.78 is 5.73. The van der Waals surface area contributed by atoms with Gasteiger partial charge >= 0.3 is 0 Å². The van der Waals surface area contributed by atoms with Gasteiger partial charge in [-0.15, -0.1) is 0 Å². The van der Waals surface area contributed by atoms with Crippen LogP contribution in [-0.4, -0.2) is 31.1 Å². The van der Waals surface area contributed by atoms with E-state index in [2.05, 4.69) is 17.9 Å². The van der Waals surface area contributed by atoms with Crippen LogP contribution in [0.1, 0.15) is 31.7 Å². The van der Waals surface area contributed by atoms with Crippen molar-refractivity contribution >= 4 is 0 Å². The fourth-order valence-corrected chi connectivity index (χ4v) is 2.22. The molecule has 0 bridgehead atoms. The summed E-state index contributed by atoms with van der Waals surface area (Å²) in [5.74, 6) is 1.72. The van der Waals surface area contributed by atoms with Crippen molar-refractivity contribution in [2.24, 2.45) is 5.92 Å². The topological polar surface area (TPSA) is 36.3 Å². The third kappa shape index (κ3) is 4.92. The fourth-order valence-electron chi connectivity index (χ4n) is 2.22. The van der Waals surface area contributed by atoms with E-state index in [0.717, 1.165) is 24.8 Å². The summed E-state index contributed by atoms with van der Waals surface area (Å²) in [7, 11) is 0. The van der Waals surface area contributed by atoms with Gasteiger partial charge in [0.1, 0.15) is 12.4 Å². The number of ether oxygens (including phenoxy) is 1. The van der Waals surface area contributed by atoms with Crippen LogP contribution in [0.15, 0.2) is 24.3 Å². The van der Waals surface area contributed by atoms with Gasteiger partial charge in [0, 0.05) is 13.1 Å². The molecule has 0 heterocycles. The van der Waals surface area contributed by atoms with Gasteiger partial charge in [-0.3, -0.25) is 4.90 Å². The van der Waals surface area contributed by atoms with Crippen molar-refractivity contribution < 1.29 is 4.74 Å². The summed E-state index contributed by atoms with van der Waals surface area (Å²) in [6.07, 6.45) is 3.98. The first-order chi connectivity index (χ1) is 9.31. The number of nitriles is 1. The molecule has 0 saturated heterocycles. The Labute approximate surface area is 115 Å². The Bertz CT molecular complexity index is 435. The first kappa shape index (κ1) is 13.9. The van der Waals surface area contributed by atoms with Crippen molar-refractivity contribution in [3.8, 4) is 11.8 Å². The fraction of sp³-hybridized carbons (Fsp3) is 0.562. The normalized spacial score (nSPS) is 14.4. The molecule has 0 amide bonds. The molecule has 1 aromatic rings. The van der Waals surface area contributed by atoms with Crippen LogP contribution in [0, 0.1) is 17.2 Å². The molecule has 1 saturated carbocycles. The quantitative estimate of drug-likeness (QED) is 0.719. The Morgan fingerprint density at radius 3 is 2.89 bits per heavy atom. The Balaban J connectivity index is 1.75. The Morgan fingerprint density at radius 1 is 1.37 bits per heavy atom. The van der Waals surface area contributed by atoms with Crippen molar-refractivity contribution in [2.45, 2.75) is 26.2 Å². The van der Waals surface area contributed by atoms with E-state index >= 15 is 0 Å². The number of rotatable bonds is 8. The highest BCUT2D eigenvalue weighted by Gasteiger charge is 2.23. The first-order valence-electron chi connectivity index (χ1n) is 7.17. The molecule has 102 valence electrons. The number of hydrogen-bond acceptors (Lipinski definition) is 3. The van der Waals surface area contributed by atoms with Gasteiger partial charge < -0.3 is 4.74 Å². The van der Waals surface area contributed by atoms with E-state index in [1.807, 2.05) is 12.1 Å². The van der Waals surface area contributed by atoms with Gasteiger partial charge in [0.05, 0.1) is 11.6 Å². The van der Waals surface area contributed by atoms with Crippen LogP contribution in [0.3, 0.4) is 0 Å². The van der Waals surface area contributed by atoms with Crippen molar-refractivity contribution in [1.29, 1.82) is 5.26 Å². The van der Waals surface area contributed by atoms with Gasteiger partial charge in [0.2, 0.25) is 0 Å². The van der Waals surface area contributed by atoms with Crippen LogP contribution in [0.4, 0.5) is 0 Å². The van der Waals surface area contributed by atoms with Crippen molar-refractivity contribution in [2.75, 3.05) is 26.2 Å². The Hall–Kier alpha value is -1.53. The second kappa shape index (κ2) is 7.16. The van der Waals surface area contributed by atoms with E-state index < -0.39 is 0 Å². The SMILES string of the molecule is CCCN(CCOc1cccc(C#N)c1)CC1CC1. The summed E-state index contributed by atoms with van der Waals surface area (Å²) in [5.41, 5.74) is 0.654. The Morgan fingerprint density at radius 2 is 2.21 bits per heavy atom. The van der Waals surface area contributed by atoms with E-state index in [-0.39, 0.29) is 0 Å². The zero-order valence-electron chi connectivity index (χ0n) is 11.6. The minimum Gasteiger partial charge on any atom is -0.492 e. The highest BCUT2D eigenvalue weighted by Crippen LogP contribution is 2.29. The molecule has 3 heteroatoms. The van der Waals surface area contributed by atoms with Gasteiger partial charge in [-0.05, 0) is 49.9 Å². The van der Waals surface area contributed by atoms with Gasteiger partial charge in [-0.1, -0.05) is 13.0 Å². The van der Waals surface area contributed by atoms with Crippen LogP contribution in [-0.2, 0) is 0 Å². The molecule has 1 aliphatic rings. The smallest absolute Gasteiger partial charge is 0.120 e. The molecule has 3 nitrogen and oxygen atoms in total. The summed E-state index contributed by atoms with van der Waals surface area (Å²) in [4.78, 5) is 2.49. The van der Waals surface area contributed by atoms with Crippen LogP contribution >= 0.6 is 0 Å². The molecule has 0 aliphatic heterocycles. The van der Waals surface area contributed by atoms with E-state index in [1.54, 1.807) is 12.1 Å². The Kier molecular flexibility index (Phi) is 5.23. The summed E-state index contributed by atoms with van der Waals surface area (Å²) in [6.45, 7) is 6.26. The lowest BCUT2D eigenvalue weighted by Gasteiger charge is -2.21. The molecule has 2 rings (SSSR count). The monoisotopic (exact) mass is 258 g/mol. The maximum absolute atomic E-state index is 8.84. The third-order valence-electron chi connectivity index (χ3n) is 3.39. The number of benzene rings is 1. The van der Waals surface area contributed by atoms with Crippen LogP contribution in [0.25, 0.3) is 0 Å². The zero-order valence-corrected chi connectivity index (χ0v) is 11.6. The van der Waals surface area contributed by atoms with E-state index in [1.165, 1.54) is 25.8 Å². The predicted molar refractivity (Wildman–Crippen MR) is 76.1 cm³/mol. The molecule has 1 aromatic carbocycles. The van der Waals surface area contributed by atoms with Gasteiger partial charge in [-0.25, -0.2) is 0 Å². The maximum atomic E-state index is 8.84. The van der Waals surface area contributed by atoms with E-state index in [0.29, 0.717) is 12.2 Å². The predicted octanol–water partition coefficient (Wildman–Crippen LogP) is 3.06. The molecule has 0 aromatic heterocycles. The molecule has 1 aliphatic carbocycles. The molecule has 0 N–H and O–H groups in total. The lowest BCUT2D eigenvalue weighted by molar-refractivity contribution is 0.203. The molecule has 0 spiro atoms. The lowest BCUT2D eigenvalue weighted by Crippen LogP contribution is -2.31. The van der Waals surface area contributed by atoms with E-state index in [9.17, 15) is 0 Å². The second-order valence-electron chi connectivity index (χ2n) is 5.23. The average molecular weight is 258 g/mol. The minimum atomic E-state index is 0.654.